The van der Waals surface area contributed by atoms with Crippen LogP contribution in [-0.4, -0.2) is 66.0 Å². The minimum Gasteiger partial charge on any atom is -0.368 e. The van der Waals surface area contributed by atoms with Crippen LogP contribution >= 0.6 is 0 Å². The van der Waals surface area contributed by atoms with E-state index >= 15 is 0 Å². The molecule has 0 unspecified atom stereocenters. The van der Waals surface area contributed by atoms with Crippen LogP contribution in [0, 0.1) is 0 Å². The predicted molar refractivity (Wildman–Crippen MR) is 71.7 cm³/mol. The van der Waals surface area contributed by atoms with Crippen LogP contribution in [-0.2, 0) is 22.1 Å². The first-order chi connectivity index (χ1) is 8.80. The zero-order valence-electron chi connectivity index (χ0n) is 12.2. The van der Waals surface area contributed by atoms with Crippen molar-refractivity contribution in [3.05, 3.63) is 0 Å². The molecule has 0 heterocycles. The van der Waals surface area contributed by atoms with Crippen LogP contribution in [0.25, 0.3) is 0 Å². The summed E-state index contributed by atoms with van der Waals surface area (Å²) in [6.45, 7) is 9.80. The fourth-order valence-corrected chi connectivity index (χ4v) is 2.87. The van der Waals surface area contributed by atoms with Gasteiger partial charge in [-0.05, 0) is 27.7 Å². The van der Waals surface area contributed by atoms with Gasteiger partial charge in [0.05, 0.1) is 0 Å². The molecule has 0 aromatic heterocycles. The topological polar surface area (TPSA) is 107 Å². The van der Waals surface area contributed by atoms with Crippen molar-refractivity contribution in [3.63, 3.8) is 0 Å². The minimum absolute atomic E-state index is 0.548. The standard InChI is InChI=1S/C8H20O4Si.CH6O4Si/c1-5-9-13(10-6-2,11-7-3)12-8-4;1-5-6(2,3)4/h5-8H2,1-4H3;2-4H,1H3. The Morgan fingerprint density at radius 3 is 1.00 bits per heavy atom. The largest absolute Gasteiger partial charge is 0.679 e. The molecule has 0 spiro atoms. The fourth-order valence-electron chi connectivity index (χ4n) is 0.957. The Hall–Kier alpha value is 0.114. The molecule has 0 saturated heterocycles. The summed E-state index contributed by atoms with van der Waals surface area (Å²) < 4.78 is 25.4. The third kappa shape index (κ3) is 12.9. The molecule has 0 aliphatic carbocycles. The Labute approximate surface area is 116 Å². The molecule has 118 valence electrons. The number of rotatable bonds is 9. The third-order valence-electron chi connectivity index (χ3n) is 1.56. The van der Waals surface area contributed by atoms with E-state index in [1.54, 1.807) is 0 Å². The van der Waals surface area contributed by atoms with Gasteiger partial charge in [-0.1, -0.05) is 0 Å². The predicted octanol–water partition coefficient (Wildman–Crippen LogP) is -0.387. The summed E-state index contributed by atoms with van der Waals surface area (Å²) in [7, 11) is -5.91. The summed E-state index contributed by atoms with van der Waals surface area (Å²) in [5.41, 5.74) is 0. The molecule has 0 aromatic rings. The van der Waals surface area contributed by atoms with E-state index in [4.69, 9.17) is 32.1 Å². The summed E-state index contributed by atoms with van der Waals surface area (Å²) in [4.78, 5) is 23.6. The normalized spacial score (nSPS) is 12.0. The Morgan fingerprint density at radius 2 is 0.895 bits per heavy atom. The lowest BCUT2D eigenvalue weighted by Gasteiger charge is -2.26. The molecule has 0 aliphatic heterocycles. The fraction of sp³-hybridized carbons (Fsp3) is 1.00. The smallest absolute Gasteiger partial charge is 0.368 e. The molecule has 0 atom stereocenters. The van der Waals surface area contributed by atoms with Crippen LogP contribution in [0.15, 0.2) is 0 Å². The summed E-state index contributed by atoms with van der Waals surface area (Å²) in [6, 6.07) is 0. The van der Waals surface area contributed by atoms with Gasteiger partial charge < -0.3 is 36.5 Å². The van der Waals surface area contributed by atoms with Crippen molar-refractivity contribution in [2.75, 3.05) is 33.5 Å². The number of hydrogen-bond acceptors (Lipinski definition) is 8. The second kappa shape index (κ2) is 11.9. The van der Waals surface area contributed by atoms with Crippen LogP contribution in [0.4, 0.5) is 0 Å². The average Bonchev–Trinajstić information content (AvgIpc) is 2.30. The molecule has 0 radical (unpaired) electrons. The van der Waals surface area contributed by atoms with Crippen molar-refractivity contribution < 1.29 is 36.5 Å². The first-order valence-electron chi connectivity index (χ1n) is 6.08. The van der Waals surface area contributed by atoms with Gasteiger partial charge in [-0.3, -0.25) is 0 Å². The molecule has 19 heavy (non-hydrogen) atoms. The monoisotopic (exact) mass is 318 g/mol. The Balaban J connectivity index is 0. The van der Waals surface area contributed by atoms with Gasteiger partial charge in [0.25, 0.3) is 0 Å². The molecular weight excluding hydrogens is 292 g/mol. The SMILES string of the molecule is CCO[Si](OCC)(OCC)OCC.CO[Si](O)(O)O. The van der Waals surface area contributed by atoms with Crippen molar-refractivity contribution in [2.24, 2.45) is 0 Å². The zero-order chi connectivity index (χ0) is 15.4. The summed E-state index contributed by atoms with van der Waals surface area (Å²) in [6.07, 6.45) is 0. The van der Waals surface area contributed by atoms with E-state index in [0.717, 1.165) is 7.11 Å². The van der Waals surface area contributed by atoms with Crippen molar-refractivity contribution in [2.45, 2.75) is 27.7 Å². The van der Waals surface area contributed by atoms with Gasteiger partial charge in [0, 0.05) is 33.5 Å². The van der Waals surface area contributed by atoms with Gasteiger partial charge in [0.15, 0.2) is 0 Å². The number of hydrogen-bond donors (Lipinski definition) is 3. The maximum absolute atomic E-state index is 7.85. The molecule has 0 aliphatic rings. The van der Waals surface area contributed by atoms with E-state index in [-0.39, 0.29) is 0 Å². The quantitative estimate of drug-likeness (QED) is 0.494. The van der Waals surface area contributed by atoms with Gasteiger partial charge in [0.1, 0.15) is 0 Å². The second-order valence-electron chi connectivity index (χ2n) is 3.01. The maximum Gasteiger partial charge on any atom is 0.679 e. The van der Waals surface area contributed by atoms with E-state index in [1.165, 1.54) is 0 Å². The molecule has 0 fully saturated rings. The summed E-state index contributed by atoms with van der Waals surface area (Å²) in [5, 5.41) is 0. The van der Waals surface area contributed by atoms with Crippen molar-refractivity contribution >= 4 is 18.1 Å². The average molecular weight is 318 g/mol. The Kier molecular flexibility index (Phi) is 13.4. The van der Waals surface area contributed by atoms with Crippen molar-refractivity contribution in [1.82, 2.24) is 0 Å². The first kappa shape index (κ1) is 21.4. The molecule has 0 aromatic carbocycles. The van der Waals surface area contributed by atoms with E-state index < -0.39 is 18.1 Å². The van der Waals surface area contributed by atoms with Crippen LogP contribution in [0.3, 0.4) is 0 Å². The van der Waals surface area contributed by atoms with Gasteiger partial charge >= 0.3 is 18.1 Å². The molecular formula is C9H26O8Si2. The third-order valence-corrected chi connectivity index (χ3v) is 4.67. The molecule has 0 amide bonds. The maximum atomic E-state index is 7.85. The molecule has 8 nitrogen and oxygen atoms in total. The summed E-state index contributed by atoms with van der Waals surface area (Å²) >= 11 is 0. The first-order valence-corrected chi connectivity index (χ1v) is 9.47. The van der Waals surface area contributed by atoms with Crippen LogP contribution in [0.1, 0.15) is 27.7 Å². The van der Waals surface area contributed by atoms with Crippen LogP contribution < -0.4 is 0 Å². The van der Waals surface area contributed by atoms with E-state index in [2.05, 4.69) is 4.43 Å². The lowest BCUT2D eigenvalue weighted by atomic mass is 10.9. The second-order valence-corrected chi connectivity index (χ2v) is 6.72. The summed E-state index contributed by atoms with van der Waals surface area (Å²) in [5.74, 6) is 0. The highest BCUT2D eigenvalue weighted by molar-refractivity contribution is 6.53. The van der Waals surface area contributed by atoms with E-state index in [0.29, 0.717) is 26.4 Å². The molecule has 0 saturated carbocycles. The molecule has 0 rings (SSSR count). The van der Waals surface area contributed by atoms with Crippen LogP contribution in [0.2, 0.25) is 0 Å². The molecule has 10 heteroatoms. The van der Waals surface area contributed by atoms with Gasteiger partial charge in [-0.2, -0.15) is 0 Å². The van der Waals surface area contributed by atoms with Gasteiger partial charge in [0.2, 0.25) is 0 Å². The highest BCUT2D eigenvalue weighted by Crippen LogP contribution is 2.11. The van der Waals surface area contributed by atoms with Gasteiger partial charge in [-0.25, -0.2) is 0 Å². The molecule has 0 bridgehead atoms. The minimum atomic E-state index is -4.13. The van der Waals surface area contributed by atoms with Crippen LogP contribution in [0.5, 0.6) is 0 Å². The highest BCUT2D eigenvalue weighted by Gasteiger charge is 2.44. The lowest BCUT2D eigenvalue weighted by molar-refractivity contribution is -0.0247. The van der Waals surface area contributed by atoms with E-state index in [1.807, 2.05) is 27.7 Å². The Morgan fingerprint density at radius 1 is 0.684 bits per heavy atom. The lowest BCUT2D eigenvalue weighted by Crippen LogP contribution is -2.49. The van der Waals surface area contributed by atoms with Crippen molar-refractivity contribution in [3.8, 4) is 0 Å². The highest BCUT2D eigenvalue weighted by atomic mass is 28.4. The zero-order valence-corrected chi connectivity index (χ0v) is 14.2. The molecule has 3 N–H and O–H groups in total. The van der Waals surface area contributed by atoms with Gasteiger partial charge in [-0.15, -0.1) is 0 Å². The Bertz CT molecular complexity index is 170. The van der Waals surface area contributed by atoms with Crippen molar-refractivity contribution in [1.29, 1.82) is 0 Å². The van der Waals surface area contributed by atoms with E-state index in [9.17, 15) is 0 Å².